The van der Waals surface area contributed by atoms with E-state index in [4.69, 9.17) is 4.74 Å². The molecule has 10 heteroatoms. The number of hydrogen-bond acceptors (Lipinski definition) is 8. The number of benzene rings is 2. The molecule has 1 fully saturated rings. The standard InChI is InChI=1S/C25H23FN8O/c1-16-12-17(2-5-21(16)35-18-6-9-34-22(13-18)29-15-31-34)32-25-23-19(28-14-30-25)3-4-20(24(23)26)33-10-7-27-8-11-33/h2-6,9,12-15,27H,7-8,10-11H2,1H3,(H,28,30,32). The number of aromatic nitrogens is 5. The quantitative estimate of drug-likeness (QED) is 0.397. The maximum absolute atomic E-state index is 15.7. The molecule has 6 rings (SSSR count). The zero-order valence-corrected chi connectivity index (χ0v) is 19.1. The fourth-order valence-corrected chi connectivity index (χ4v) is 4.31. The van der Waals surface area contributed by atoms with Crippen LogP contribution in [-0.4, -0.2) is 50.7 Å². The van der Waals surface area contributed by atoms with Gasteiger partial charge in [0.25, 0.3) is 0 Å². The van der Waals surface area contributed by atoms with Crippen LogP contribution in [0, 0.1) is 12.7 Å². The van der Waals surface area contributed by atoms with Crippen molar-refractivity contribution in [3.63, 3.8) is 0 Å². The number of halogens is 1. The first-order chi connectivity index (χ1) is 17.2. The van der Waals surface area contributed by atoms with Crippen molar-refractivity contribution in [2.45, 2.75) is 6.92 Å². The largest absolute Gasteiger partial charge is 0.457 e. The molecule has 176 valence electrons. The fraction of sp³-hybridized carbons (Fsp3) is 0.200. The number of pyridine rings is 1. The summed E-state index contributed by atoms with van der Waals surface area (Å²) in [6.45, 7) is 5.12. The van der Waals surface area contributed by atoms with Crippen molar-refractivity contribution < 1.29 is 9.13 Å². The highest BCUT2D eigenvalue weighted by Gasteiger charge is 2.19. The number of ether oxygens (including phenoxy) is 1. The van der Waals surface area contributed by atoms with E-state index in [0.29, 0.717) is 39.6 Å². The van der Waals surface area contributed by atoms with Gasteiger partial charge >= 0.3 is 0 Å². The highest BCUT2D eigenvalue weighted by Crippen LogP contribution is 2.33. The van der Waals surface area contributed by atoms with Crippen LogP contribution < -0.4 is 20.3 Å². The van der Waals surface area contributed by atoms with Crippen LogP contribution in [0.5, 0.6) is 11.5 Å². The number of nitrogens with one attached hydrogen (secondary N) is 2. The molecule has 4 heterocycles. The second kappa shape index (κ2) is 8.80. The average Bonchev–Trinajstić information content (AvgIpc) is 3.35. The van der Waals surface area contributed by atoms with Crippen LogP contribution in [0.25, 0.3) is 16.6 Å². The van der Waals surface area contributed by atoms with Crippen molar-refractivity contribution in [1.82, 2.24) is 29.9 Å². The molecule has 0 unspecified atom stereocenters. The van der Waals surface area contributed by atoms with Gasteiger partial charge in [0.2, 0.25) is 0 Å². The summed E-state index contributed by atoms with van der Waals surface area (Å²) < 4.78 is 23.4. The first-order valence-electron chi connectivity index (χ1n) is 11.4. The van der Waals surface area contributed by atoms with Gasteiger partial charge in [-0.05, 0) is 48.9 Å². The van der Waals surface area contributed by atoms with Crippen molar-refractivity contribution >= 4 is 33.7 Å². The predicted molar refractivity (Wildman–Crippen MR) is 132 cm³/mol. The molecule has 1 aliphatic rings. The third-order valence-corrected chi connectivity index (χ3v) is 6.10. The second-order valence-corrected chi connectivity index (χ2v) is 8.38. The lowest BCUT2D eigenvalue weighted by Crippen LogP contribution is -2.43. The molecule has 9 nitrogen and oxygen atoms in total. The zero-order valence-electron chi connectivity index (χ0n) is 19.1. The number of rotatable bonds is 5. The van der Waals surface area contributed by atoms with E-state index in [1.807, 2.05) is 43.3 Å². The average molecular weight is 471 g/mol. The molecule has 2 aromatic carbocycles. The van der Waals surface area contributed by atoms with Gasteiger partial charge < -0.3 is 20.3 Å². The van der Waals surface area contributed by atoms with Crippen LogP contribution in [0.2, 0.25) is 0 Å². The normalized spacial score (nSPS) is 13.9. The lowest BCUT2D eigenvalue weighted by molar-refractivity contribution is 0.478. The minimum absolute atomic E-state index is 0.312. The van der Waals surface area contributed by atoms with Crippen LogP contribution in [0.1, 0.15) is 5.56 Å². The topological polar surface area (TPSA) is 92.5 Å². The summed E-state index contributed by atoms with van der Waals surface area (Å²) in [5.41, 5.74) is 3.52. The van der Waals surface area contributed by atoms with E-state index in [-0.39, 0.29) is 5.82 Å². The van der Waals surface area contributed by atoms with Gasteiger partial charge in [0.1, 0.15) is 30.0 Å². The molecular formula is C25H23FN8O. The van der Waals surface area contributed by atoms with E-state index in [9.17, 15) is 0 Å². The van der Waals surface area contributed by atoms with E-state index in [1.165, 1.54) is 12.7 Å². The van der Waals surface area contributed by atoms with Gasteiger partial charge in [0.05, 0.1) is 16.6 Å². The fourth-order valence-electron chi connectivity index (χ4n) is 4.31. The molecule has 3 aromatic heterocycles. The highest BCUT2D eigenvalue weighted by atomic mass is 19.1. The number of fused-ring (bicyclic) bond motifs is 2. The van der Waals surface area contributed by atoms with Crippen molar-refractivity contribution in [3.05, 3.63) is 72.7 Å². The lowest BCUT2D eigenvalue weighted by atomic mass is 10.1. The molecule has 0 bridgehead atoms. The summed E-state index contributed by atoms with van der Waals surface area (Å²) in [6, 6.07) is 13.0. The number of aryl methyl sites for hydroxylation is 1. The van der Waals surface area contributed by atoms with Crippen LogP contribution in [0.4, 0.5) is 21.6 Å². The van der Waals surface area contributed by atoms with Crippen molar-refractivity contribution in [3.8, 4) is 11.5 Å². The summed E-state index contributed by atoms with van der Waals surface area (Å²) in [7, 11) is 0. The molecule has 2 N–H and O–H groups in total. The number of piperazine rings is 1. The number of anilines is 3. The lowest BCUT2D eigenvalue weighted by Gasteiger charge is -2.30. The van der Waals surface area contributed by atoms with E-state index < -0.39 is 0 Å². The Bertz CT molecular complexity index is 1530. The van der Waals surface area contributed by atoms with E-state index in [1.54, 1.807) is 16.8 Å². The Morgan fingerprint density at radius 3 is 2.74 bits per heavy atom. The maximum atomic E-state index is 15.7. The van der Waals surface area contributed by atoms with Crippen LogP contribution in [-0.2, 0) is 0 Å². The van der Waals surface area contributed by atoms with Gasteiger partial charge in [-0.15, -0.1) is 0 Å². The zero-order chi connectivity index (χ0) is 23.8. The maximum Gasteiger partial charge on any atom is 0.159 e. The Balaban J connectivity index is 1.28. The third kappa shape index (κ3) is 4.08. The first kappa shape index (κ1) is 21.2. The molecule has 0 radical (unpaired) electrons. The Hall–Kier alpha value is -4.31. The molecule has 0 atom stereocenters. The summed E-state index contributed by atoms with van der Waals surface area (Å²) in [4.78, 5) is 14.9. The van der Waals surface area contributed by atoms with Crippen molar-refractivity contribution in [2.24, 2.45) is 0 Å². The van der Waals surface area contributed by atoms with Crippen molar-refractivity contribution in [2.75, 3.05) is 36.4 Å². The minimum atomic E-state index is -0.312. The van der Waals surface area contributed by atoms with Gasteiger partial charge in [0, 0.05) is 44.1 Å². The molecule has 0 saturated carbocycles. The molecule has 1 saturated heterocycles. The van der Waals surface area contributed by atoms with E-state index in [0.717, 1.165) is 37.4 Å². The van der Waals surface area contributed by atoms with Crippen molar-refractivity contribution in [1.29, 1.82) is 0 Å². The van der Waals surface area contributed by atoms with E-state index in [2.05, 4.69) is 35.6 Å². The number of hydrogen-bond donors (Lipinski definition) is 2. The molecule has 35 heavy (non-hydrogen) atoms. The van der Waals surface area contributed by atoms with Crippen LogP contribution >= 0.6 is 0 Å². The first-order valence-corrected chi connectivity index (χ1v) is 11.4. The van der Waals surface area contributed by atoms with Gasteiger partial charge in [-0.1, -0.05) is 0 Å². The van der Waals surface area contributed by atoms with Crippen LogP contribution in [0.3, 0.4) is 0 Å². The van der Waals surface area contributed by atoms with Crippen LogP contribution in [0.15, 0.2) is 61.3 Å². The molecule has 0 spiro atoms. The highest BCUT2D eigenvalue weighted by molar-refractivity contribution is 5.94. The Labute approximate surface area is 200 Å². The Morgan fingerprint density at radius 1 is 1.00 bits per heavy atom. The second-order valence-electron chi connectivity index (χ2n) is 8.38. The molecule has 5 aromatic rings. The van der Waals surface area contributed by atoms with Gasteiger partial charge in [-0.3, -0.25) is 0 Å². The summed E-state index contributed by atoms with van der Waals surface area (Å²) in [5, 5.41) is 11.0. The van der Waals surface area contributed by atoms with Gasteiger partial charge in [-0.2, -0.15) is 5.10 Å². The molecule has 0 amide bonds. The monoisotopic (exact) mass is 470 g/mol. The summed E-state index contributed by atoms with van der Waals surface area (Å²) in [6.07, 6.45) is 4.74. The third-order valence-electron chi connectivity index (χ3n) is 6.10. The smallest absolute Gasteiger partial charge is 0.159 e. The van der Waals surface area contributed by atoms with Gasteiger partial charge in [-0.25, -0.2) is 23.9 Å². The van der Waals surface area contributed by atoms with E-state index >= 15 is 4.39 Å². The van der Waals surface area contributed by atoms with Gasteiger partial charge in [0.15, 0.2) is 11.5 Å². The Kier molecular flexibility index (Phi) is 5.34. The summed E-state index contributed by atoms with van der Waals surface area (Å²) in [5.74, 6) is 1.49. The summed E-state index contributed by atoms with van der Waals surface area (Å²) >= 11 is 0. The SMILES string of the molecule is Cc1cc(Nc2ncnc3ccc(N4CCNCC4)c(F)c23)ccc1Oc1ccn2ncnc2c1. The molecule has 0 aliphatic carbocycles. The predicted octanol–water partition coefficient (Wildman–Crippen LogP) is 4.07. The number of nitrogens with zero attached hydrogens (tertiary/aromatic N) is 6. The Morgan fingerprint density at radius 2 is 1.89 bits per heavy atom. The minimum Gasteiger partial charge on any atom is -0.457 e. The molecule has 1 aliphatic heterocycles. The molecular weight excluding hydrogens is 447 g/mol.